The standard InChI is InChI=1S/C12H6BClO/c13-7-5-9-8-3-1-2-4-11(8)15-12(9)10(14)6-7/h1-6H. The minimum Gasteiger partial charge on any atom is -0.454 e. The van der Waals surface area contributed by atoms with Crippen LogP contribution >= 0.6 is 11.6 Å². The smallest absolute Gasteiger partial charge is 0.153 e. The maximum atomic E-state index is 6.06. The minimum absolute atomic E-state index is 0.557. The molecule has 2 radical (unpaired) electrons. The van der Waals surface area contributed by atoms with Gasteiger partial charge in [0.25, 0.3) is 0 Å². The molecule has 0 unspecified atom stereocenters. The van der Waals surface area contributed by atoms with Crippen molar-refractivity contribution in [3.63, 3.8) is 0 Å². The highest BCUT2D eigenvalue weighted by Gasteiger charge is 2.09. The molecule has 0 aliphatic heterocycles. The molecular weight excluding hydrogens is 206 g/mol. The van der Waals surface area contributed by atoms with Crippen molar-refractivity contribution in [2.24, 2.45) is 0 Å². The van der Waals surface area contributed by atoms with Crippen LogP contribution in [0.3, 0.4) is 0 Å². The molecule has 0 aliphatic rings. The maximum absolute atomic E-state index is 6.06. The van der Waals surface area contributed by atoms with Crippen molar-refractivity contribution in [2.45, 2.75) is 0 Å². The summed E-state index contributed by atoms with van der Waals surface area (Å²) in [7, 11) is 5.75. The zero-order valence-corrected chi connectivity index (χ0v) is 8.58. The Bertz CT molecular complexity index is 657. The topological polar surface area (TPSA) is 13.1 Å². The highest BCUT2D eigenvalue weighted by molar-refractivity contribution is 6.40. The second kappa shape index (κ2) is 3.04. The fourth-order valence-corrected chi connectivity index (χ4v) is 2.07. The fraction of sp³-hybridized carbons (Fsp3) is 0. The Morgan fingerprint density at radius 2 is 1.87 bits per heavy atom. The Morgan fingerprint density at radius 3 is 2.73 bits per heavy atom. The third-order valence-corrected chi connectivity index (χ3v) is 2.74. The van der Waals surface area contributed by atoms with E-state index in [0.717, 1.165) is 16.4 Å². The van der Waals surface area contributed by atoms with E-state index in [2.05, 4.69) is 0 Å². The van der Waals surface area contributed by atoms with Crippen LogP contribution in [0.5, 0.6) is 0 Å². The van der Waals surface area contributed by atoms with Gasteiger partial charge in [-0.1, -0.05) is 41.3 Å². The van der Waals surface area contributed by atoms with Crippen molar-refractivity contribution in [1.29, 1.82) is 0 Å². The molecule has 0 atom stereocenters. The number of halogens is 1. The molecule has 0 aliphatic carbocycles. The van der Waals surface area contributed by atoms with Crippen LogP contribution in [0.4, 0.5) is 0 Å². The van der Waals surface area contributed by atoms with Crippen LogP contribution in [0.2, 0.25) is 5.02 Å². The molecule has 1 heterocycles. The van der Waals surface area contributed by atoms with Crippen molar-refractivity contribution in [3.8, 4) is 0 Å². The summed E-state index contributed by atoms with van der Waals surface area (Å²) in [6, 6.07) is 11.4. The van der Waals surface area contributed by atoms with Gasteiger partial charge in [0.15, 0.2) is 5.58 Å². The van der Waals surface area contributed by atoms with Gasteiger partial charge in [-0.15, -0.1) is 0 Å². The predicted molar refractivity (Wildman–Crippen MR) is 64.1 cm³/mol. The van der Waals surface area contributed by atoms with Crippen LogP contribution in [0.25, 0.3) is 21.9 Å². The van der Waals surface area contributed by atoms with E-state index in [4.69, 9.17) is 23.9 Å². The molecule has 2 aromatic carbocycles. The molecule has 1 aromatic heterocycles. The van der Waals surface area contributed by atoms with E-state index in [9.17, 15) is 0 Å². The molecule has 3 rings (SSSR count). The van der Waals surface area contributed by atoms with Gasteiger partial charge in [-0.25, -0.2) is 0 Å². The van der Waals surface area contributed by atoms with E-state index in [1.165, 1.54) is 0 Å². The van der Waals surface area contributed by atoms with Crippen LogP contribution in [-0.4, -0.2) is 7.85 Å². The molecule has 0 saturated heterocycles. The zero-order valence-electron chi connectivity index (χ0n) is 7.83. The number of hydrogen-bond acceptors (Lipinski definition) is 1. The first-order valence-corrected chi connectivity index (χ1v) is 5.00. The number of rotatable bonds is 0. The van der Waals surface area contributed by atoms with Gasteiger partial charge in [-0.2, -0.15) is 0 Å². The van der Waals surface area contributed by atoms with Gasteiger partial charge in [-0.3, -0.25) is 0 Å². The Balaban J connectivity index is 2.61. The molecule has 15 heavy (non-hydrogen) atoms. The zero-order chi connectivity index (χ0) is 10.4. The van der Waals surface area contributed by atoms with Crippen molar-refractivity contribution >= 4 is 46.8 Å². The largest absolute Gasteiger partial charge is 0.454 e. The van der Waals surface area contributed by atoms with Crippen molar-refractivity contribution in [2.75, 3.05) is 0 Å². The fourth-order valence-electron chi connectivity index (χ4n) is 1.81. The number of benzene rings is 2. The summed E-state index contributed by atoms with van der Waals surface area (Å²) in [5.74, 6) is 0. The molecule has 0 bridgehead atoms. The summed E-state index contributed by atoms with van der Waals surface area (Å²) in [5, 5.41) is 2.57. The summed E-state index contributed by atoms with van der Waals surface area (Å²) in [6.07, 6.45) is 0. The molecule has 0 spiro atoms. The van der Waals surface area contributed by atoms with Crippen molar-refractivity contribution < 1.29 is 4.42 Å². The first-order chi connectivity index (χ1) is 7.25. The van der Waals surface area contributed by atoms with Crippen LogP contribution in [0.1, 0.15) is 0 Å². The molecule has 3 aromatic rings. The number of furan rings is 1. The van der Waals surface area contributed by atoms with Gasteiger partial charge in [0.2, 0.25) is 0 Å². The lowest BCUT2D eigenvalue weighted by molar-refractivity contribution is 0.669. The highest BCUT2D eigenvalue weighted by Crippen LogP contribution is 2.31. The molecule has 0 N–H and O–H groups in total. The van der Waals surface area contributed by atoms with E-state index in [1.54, 1.807) is 6.07 Å². The lowest BCUT2D eigenvalue weighted by atomic mass is 9.94. The summed E-state index contributed by atoms with van der Waals surface area (Å²) in [5.41, 5.74) is 2.19. The van der Waals surface area contributed by atoms with E-state index in [1.807, 2.05) is 30.3 Å². The van der Waals surface area contributed by atoms with E-state index in [0.29, 0.717) is 16.1 Å². The first kappa shape index (κ1) is 8.87. The van der Waals surface area contributed by atoms with Crippen LogP contribution in [0.15, 0.2) is 40.8 Å². The van der Waals surface area contributed by atoms with Crippen LogP contribution in [-0.2, 0) is 0 Å². The Morgan fingerprint density at radius 1 is 1.07 bits per heavy atom. The summed E-state index contributed by atoms with van der Waals surface area (Å²) in [6.45, 7) is 0. The number of hydrogen-bond donors (Lipinski definition) is 0. The quantitative estimate of drug-likeness (QED) is 0.522. The SMILES string of the molecule is [B]c1cc(Cl)c2oc3ccccc3c2c1. The third-order valence-electron chi connectivity index (χ3n) is 2.46. The average Bonchev–Trinajstić information content (AvgIpc) is 2.57. The van der Waals surface area contributed by atoms with Crippen LogP contribution in [0, 0.1) is 0 Å². The Labute approximate surface area is 93.0 Å². The average molecular weight is 212 g/mol. The highest BCUT2D eigenvalue weighted by atomic mass is 35.5. The predicted octanol–water partition coefficient (Wildman–Crippen LogP) is 3.03. The van der Waals surface area contributed by atoms with Gasteiger partial charge in [0, 0.05) is 10.8 Å². The molecule has 3 heteroatoms. The molecule has 0 amide bonds. The Kier molecular flexibility index (Phi) is 1.80. The lowest BCUT2D eigenvalue weighted by Crippen LogP contribution is -1.99. The van der Waals surface area contributed by atoms with Gasteiger partial charge < -0.3 is 4.42 Å². The molecule has 1 nitrogen and oxygen atoms in total. The van der Waals surface area contributed by atoms with E-state index >= 15 is 0 Å². The monoisotopic (exact) mass is 212 g/mol. The van der Waals surface area contributed by atoms with E-state index in [-0.39, 0.29) is 0 Å². The van der Waals surface area contributed by atoms with Crippen LogP contribution < -0.4 is 5.46 Å². The molecular formula is C12H6BClO. The molecule has 0 saturated carbocycles. The van der Waals surface area contributed by atoms with Gasteiger partial charge in [-0.05, 0) is 12.1 Å². The Hall–Kier alpha value is -1.41. The molecule has 70 valence electrons. The van der Waals surface area contributed by atoms with Gasteiger partial charge in [0.1, 0.15) is 13.4 Å². The van der Waals surface area contributed by atoms with E-state index < -0.39 is 0 Å². The molecule has 0 fully saturated rings. The summed E-state index contributed by atoms with van der Waals surface area (Å²) < 4.78 is 5.65. The second-order valence-electron chi connectivity index (χ2n) is 3.48. The number of fused-ring (bicyclic) bond motifs is 3. The second-order valence-corrected chi connectivity index (χ2v) is 3.88. The van der Waals surface area contributed by atoms with Crippen molar-refractivity contribution in [1.82, 2.24) is 0 Å². The number of para-hydroxylation sites is 1. The first-order valence-electron chi connectivity index (χ1n) is 4.62. The maximum Gasteiger partial charge on any atom is 0.153 e. The van der Waals surface area contributed by atoms with Crippen molar-refractivity contribution in [3.05, 3.63) is 41.4 Å². The minimum atomic E-state index is 0.557. The summed E-state index contributed by atoms with van der Waals surface area (Å²) >= 11 is 6.06. The summed E-state index contributed by atoms with van der Waals surface area (Å²) in [4.78, 5) is 0. The van der Waals surface area contributed by atoms with Gasteiger partial charge >= 0.3 is 0 Å². The third kappa shape index (κ3) is 1.25. The normalized spacial score (nSPS) is 11.3. The van der Waals surface area contributed by atoms with Gasteiger partial charge in [0.05, 0.1) is 5.02 Å². The lowest BCUT2D eigenvalue weighted by Gasteiger charge is -1.95.